The molecular weight excluding hydrogens is 915 g/mol. The van der Waals surface area contributed by atoms with E-state index < -0.39 is 0 Å². The molecule has 0 spiro atoms. The highest BCUT2D eigenvalue weighted by atomic mass is 16.3. The summed E-state index contributed by atoms with van der Waals surface area (Å²) in [6, 6.07) is 92.2. The van der Waals surface area contributed by atoms with E-state index in [2.05, 4.69) is 240 Å². The maximum Gasteiger partial charge on any atom is 0.238 e. The van der Waals surface area contributed by atoms with Crippen LogP contribution in [0.1, 0.15) is 0 Å². The van der Waals surface area contributed by atoms with Gasteiger partial charge >= 0.3 is 0 Å². The SMILES string of the molecule is c1ccc(-c2cccc(-c3ccc(-c4cccc5oc6cccc(-c7nc(-c8ccccc8)nc(-n8c9ccccc9c9ccc%10c%11ccccc%11n(-c%11cccc(-c%12ccccc%12)c%11)c%10c98)n7)c6c45)cc3)c2)cc1. The lowest BCUT2D eigenvalue weighted by Crippen LogP contribution is -2.07. The maximum absolute atomic E-state index is 6.75. The summed E-state index contributed by atoms with van der Waals surface area (Å²) < 4.78 is 11.4. The average Bonchev–Trinajstić information content (AvgIpc) is 4.20. The van der Waals surface area contributed by atoms with Crippen molar-refractivity contribution in [2.45, 2.75) is 0 Å². The van der Waals surface area contributed by atoms with Crippen LogP contribution in [0.4, 0.5) is 0 Å². The fourth-order valence-electron chi connectivity index (χ4n) is 11.4. The molecule has 0 N–H and O–H groups in total. The Balaban J connectivity index is 0.959. The first-order chi connectivity index (χ1) is 37.2. The maximum atomic E-state index is 6.75. The fraction of sp³-hybridized carbons (Fsp3) is 0. The molecule has 6 nitrogen and oxygen atoms in total. The highest BCUT2D eigenvalue weighted by molar-refractivity contribution is 6.24. The van der Waals surface area contributed by atoms with Gasteiger partial charge in [-0.05, 0) is 87.0 Å². The Kier molecular flexibility index (Phi) is 9.78. The zero-order valence-corrected chi connectivity index (χ0v) is 40.5. The number of rotatable bonds is 8. The summed E-state index contributed by atoms with van der Waals surface area (Å²) in [5.41, 5.74) is 17.7. The van der Waals surface area contributed by atoms with E-state index in [1.54, 1.807) is 0 Å². The number of aromatic nitrogens is 5. The van der Waals surface area contributed by atoms with Gasteiger partial charge in [-0.25, -0.2) is 4.98 Å². The molecule has 0 radical (unpaired) electrons. The van der Waals surface area contributed by atoms with Gasteiger partial charge in [-0.15, -0.1) is 0 Å². The van der Waals surface area contributed by atoms with Crippen molar-refractivity contribution in [2.24, 2.45) is 0 Å². The van der Waals surface area contributed by atoms with Gasteiger partial charge in [-0.1, -0.05) is 218 Å². The van der Waals surface area contributed by atoms with Crippen LogP contribution in [0.15, 0.2) is 265 Å². The summed E-state index contributed by atoms with van der Waals surface area (Å²) in [5, 5.41) is 6.47. The largest absolute Gasteiger partial charge is 0.456 e. The van der Waals surface area contributed by atoms with Gasteiger partial charge in [0, 0.05) is 49.1 Å². The van der Waals surface area contributed by atoms with E-state index in [0.29, 0.717) is 17.6 Å². The molecule has 11 aromatic carbocycles. The molecule has 15 rings (SSSR count). The normalized spacial score (nSPS) is 11.7. The topological polar surface area (TPSA) is 61.7 Å². The molecule has 0 unspecified atom stereocenters. The zero-order chi connectivity index (χ0) is 49.4. The molecule has 0 saturated heterocycles. The molecule has 4 aromatic heterocycles. The molecule has 0 aliphatic rings. The Labute approximate surface area is 431 Å². The lowest BCUT2D eigenvalue weighted by atomic mass is 9.94. The minimum absolute atomic E-state index is 0.518. The Morgan fingerprint density at radius 1 is 0.280 bits per heavy atom. The molecule has 0 amide bonds. The van der Waals surface area contributed by atoms with Crippen molar-refractivity contribution in [3.63, 3.8) is 0 Å². The van der Waals surface area contributed by atoms with Gasteiger partial charge in [0.15, 0.2) is 11.6 Å². The van der Waals surface area contributed by atoms with E-state index in [9.17, 15) is 0 Å². The number of para-hydroxylation sites is 2. The molecule has 75 heavy (non-hydrogen) atoms. The number of furan rings is 1. The van der Waals surface area contributed by atoms with Crippen LogP contribution in [0, 0.1) is 0 Å². The first-order valence-corrected chi connectivity index (χ1v) is 25.3. The van der Waals surface area contributed by atoms with Gasteiger partial charge in [-0.2, -0.15) is 9.97 Å². The lowest BCUT2D eigenvalue weighted by Gasteiger charge is -2.14. The quantitative estimate of drug-likeness (QED) is 0.152. The molecule has 0 fully saturated rings. The first-order valence-electron chi connectivity index (χ1n) is 25.3. The van der Waals surface area contributed by atoms with E-state index in [1.165, 1.54) is 22.1 Å². The summed E-state index contributed by atoms with van der Waals surface area (Å²) in [4.78, 5) is 16.4. The molecular formula is C69H43N5O. The van der Waals surface area contributed by atoms with Crippen LogP contribution in [0.3, 0.4) is 0 Å². The Hall–Kier alpha value is -10.2. The van der Waals surface area contributed by atoms with Gasteiger partial charge in [0.25, 0.3) is 0 Å². The standard InChI is InChI=1S/C69H43N5O/c1-4-18-44(19-5-1)49-24-14-25-50(42-49)46-36-38-47(39-37-46)53-30-16-34-61-63(53)64-58(31-17-35-62(64)75-61)68-70-67(48-22-8-3-9-23-48)71-69(72-68)74-60-33-13-11-29-55(60)57-41-40-56-54-28-10-12-32-59(54)73(65(56)66(57)74)52-27-15-26-51(43-52)45-20-6-2-7-21-45/h1-43H. The summed E-state index contributed by atoms with van der Waals surface area (Å²) in [5.74, 6) is 1.64. The molecule has 15 aromatic rings. The number of nitrogens with zero attached hydrogens (tertiary/aromatic N) is 5. The monoisotopic (exact) mass is 957 g/mol. The van der Waals surface area contributed by atoms with Crippen LogP contribution in [0.2, 0.25) is 0 Å². The minimum Gasteiger partial charge on any atom is -0.456 e. The number of hydrogen-bond donors (Lipinski definition) is 0. The predicted molar refractivity (Wildman–Crippen MR) is 308 cm³/mol. The number of fused-ring (bicyclic) bond motifs is 10. The second-order valence-corrected chi connectivity index (χ2v) is 19.1. The Bertz CT molecular complexity index is 4690. The van der Waals surface area contributed by atoms with Crippen LogP contribution in [0.25, 0.3) is 144 Å². The van der Waals surface area contributed by atoms with Crippen molar-refractivity contribution in [1.82, 2.24) is 24.1 Å². The predicted octanol–water partition coefficient (Wildman–Crippen LogP) is 18.0. The third kappa shape index (κ3) is 6.99. The number of hydrogen-bond acceptors (Lipinski definition) is 4. The van der Waals surface area contributed by atoms with Crippen molar-refractivity contribution in [3.05, 3.63) is 261 Å². The molecule has 0 saturated carbocycles. The average molecular weight is 958 g/mol. The van der Waals surface area contributed by atoms with Crippen LogP contribution in [0.5, 0.6) is 0 Å². The third-order valence-corrected chi connectivity index (χ3v) is 14.8. The second-order valence-electron chi connectivity index (χ2n) is 19.1. The van der Waals surface area contributed by atoms with Crippen molar-refractivity contribution in [3.8, 4) is 78.9 Å². The first kappa shape index (κ1) is 42.5. The lowest BCUT2D eigenvalue weighted by molar-refractivity contribution is 0.669. The van der Waals surface area contributed by atoms with Crippen molar-refractivity contribution >= 4 is 65.6 Å². The second kappa shape index (κ2) is 17.3. The molecule has 0 atom stereocenters. The smallest absolute Gasteiger partial charge is 0.238 e. The fourth-order valence-corrected chi connectivity index (χ4v) is 11.4. The van der Waals surface area contributed by atoms with Crippen LogP contribution < -0.4 is 0 Å². The number of benzene rings is 11. The van der Waals surface area contributed by atoms with Gasteiger partial charge in [0.2, 0.25) is 5.95 Å². The van der Waals surface area contributed by atoms with E-state index >= 15 is 0 Å². The summed E-state index contributed by atoms with van der Waals surface area (Å²) in [7, 11) is 0. The van der Waals surface area contributed by atoms with Gasteiger partial charge < -0.3 is 8.98 Å². The Morgan fingerprint density at radius 3 is 1.37 bits per heavy atom. The van der Waals surface area contributed by atoms with E-state index in [1.807, 2.05) is 30.3 Å². The van der Waals surface area contributed by atoms with Crippen LogP contribution in [-0.4, -0.2) is 24.1 Å². The molecule has 350 valence electrons. The zero-order valence-electron chi connectivity index (χ0n) is 40.5. The minimum atomic E-state index is 0.518. The highest BCUT2D eigenvalue weighted by Crippen LogP contribution is 2.44. The molecule has 0 bridgehead atoms. The van der Waals surface area contributed by atoms with Gasteiger partial charge in [-0.3, -0.25) is 4.57 Å². The summed E-state index contributed by atoms with van der Waals surface area (Å²) in [6.45, 7) is 0. The third-order valence-electron chi connectivity index (χ3n) is 14.8. The van der Waals surface area contributed by atoms with Gasteiger partial charge in [0.1, 0.15) is 11.2 Å². The van der Waals surface area contributed by atoms with E-state index in [4.69, 9.17) is 19.4 Å². The molecule has 0 aliphatic carbocycles. The summed E-state index contributed by atoms with van der Waals surface area (Å²) >= 11 is 0. The molecule has 4 heterocycles. The van der Waals surface area contributed by atoms with Crippen molar-refractivity contribution in [1.29, 1.82) is 0 Å². The van der Waals surface area contributed by atoms with Crippen LogP contribution in [-0.2, 0) is 0 Å². The molecule has 6 heteroatoms. The van der Waals surface area contributed by atoms with Crippen molar-refractivity contribution in [2.75, 3.05) is 0 Å². The Morgan fingerprint density at radius 2 is 0.733 bits per heavy atom. The molecule has 0 aliphatic heterocycles. The van der Waals surface area contributed by atoms with E-state index in [-0.39, 0.29) is 0 Å². The van der Waals surface area contributed by atoms with Crippen LogP contribution >= 0.6 is 0 Å². The van der Waals surface area contributed by atoms with Gasteiger partial charge in [0.05, 0.1) is 22.1 Å². The van der Waals surface area contributed by atoms with Crippen molar-refractivity contribution < 1.29 is 4.42 Å². The highest BCUT2D eigenvalue weighted by Gasteiger charge is 2.25. The van der Waals surface area contributed by atoms with E-state index in [0.717, 1.165) is 105 Å². The summed E-state index contributed by atoms with van der Waals surface area (Å²) in [6.07, 6.45) is 0.